The van der Waals surface area contributed by atoms with E-state index < -0.39 is 10.8 Å². The van der Waals surface area contributed by atoms with Crippen LogP contribution in [0.2, 0.25) is 5.28 Å². The van der Waals surface area contributed by atoms with Crippen LogP contribution in [0.5, 0.6) is 0 Å². The topological polar surface area (TPSA) is 75.1 Å². The third-order valence-electron chi connectivity index (χ3n) is 3.23. The van der Waals surface area contributed by atoms with Gasteiger partial charge in [-0.2, -0.15) is 4.98 Å². The van der Waals surface area contributed by atoms with E-state index in [9.17, 15) is 9.32 Å². The molecule has 0 aliphatic heterocycles. The number of hydrogen-bond acceptors (Lipinski definition) is 5. The first kappa shape index (κ1) is 13.7. The summed E-state index contributed by atoms with van der Waals surface area (Å²) in [5, 5.41) is 12.7. The lowest BCUT2D eigenvalue weighted by Crippen LogP contribution is -2.48. The summed E-state index contributed by atoms with van der Waals surface area (Å²) in [5.41, 5.74) is -0.343. The van der Waals surface area contributed by atoms with Crippen LogP contribution >= 0.6 is 11.6 Å². The Hall–Kier alpha value is -0.720. The van der Waals surface area contributed by atoms with Crippen LogP contribution in [0.4, 0.5) is 5.82 Å². The zero-order valence-electron chi connectivity index (χ0n) is 10.1. The molecule has 0 bridgehead atoms. The van der Waals surface area contributed by atoms with Crippen molar-refractivity contribution >= 4 is 28.2 Å². The van der Waals surface area contributed by atoms with Gasteiger partial charge in [-0.3, -0.25) is 4.21 Å². The molecule has 5 nitrogen and oxygen atoms in total. The highest BCUT2D eigenvalue weighted by atomic mass is 35.5. The molecule has 2 N–H and O–H groups in total. The van der Waals surface area contributed by atoms with Crippen molar-refractivity contribution in [2.24, 2.45) is 0 Å². The molecule has 0 spiro atoms. The third kappa shape index (κ3) is 2.65. The molecule has 1 aromatic rings. The summed E-state index contributed by atoms with van der Waals surface area (Å²) < 4.78 is 11.9. The van der Waals surface area contributed by atoms with Crippen molar-refractivity contribution in [1.29, 1.82) is 0 Å². The van der Waals surface area contributed by atoms with Gasteiger partial charge in [-0.15, -0.1) is 0 Å². The highest BCUT2D eigenvalue weighted by Crippen LogP contribution is 2.35. The summed E-state index contributed by atoms with van der Waals surface area (Å²) in [5.74, 6) is 0.968. The van der Waals surface area contributed by atoms with Crippen LogP contribution in [0.1, 0.15) is 26.2 Å². The smallest absolute Gasteiger partial charge is 0.224 e. The monoisotopic (exact) mass is 289 g/mol. The Morgan fingerprint density at radius 2 is 2.33 bits per heavy atom. The van der Waals surface area contributed by atoms with Crippen LogP contribution in [-0.4, -0.2) is 37.2 Å². The molecule has 18 heavy (non-hydrogen) atoms. The number of anilines is 1. The molecule has 1 heterocycles. The van der Waals surface area contributed by atoms with Crippen LogP contribution < -0.4 is 5.32 Å². The summed E-state index contributed by atoms with van der Waals surface area (Å²) in [7, 11) is -1.15. The normalized spacial score (nSPS) is 19.1. The number of halogens is 1. The molecule has 2 rings (SSSR count). The van der Waals surface area contributed by atoms with Crippen LogP contribution in [-0.2, 0) is 10.8 Å². The molecule has 1 atom stereocenters. The van der Waals surface area contributed by atoms with Gasteiger partial charge in [0.15, 0.2) is 0 Å². The lowest BCUT2D eigenvalue weighted by Gasteiger charge is -2.41. The molecule has 0 aromatic carbocycles. The number of nitrogens with one attached hydrogen (secondary N) is 1. The summed E-state index contributed by atoms with van der Waals surface area (Å²) in [6, 6.07) is 0. The first-order valence-electron chi connectivity index (χ1n) is 5.90. The number of aliphatic hydroxyl groups is 1. The van der Waals surface area contributed by atoms with Gasteiger partial charge in [0.05, 0.1) is 34.0 Å². The average Bonchev–Trinajstić information content (AvgIpc) is 2.33. The molecule has 1 aliphatic carbocycles. The van der Waals surface area contributed by atoms with Gasteiger partial charge >= 0.3 is 0 Å². The Kier molecular flexibility index (Phi) is 4.19. The van der Waals surface area contributed by atoms with Gasteiger partial charge in [0.25, 0.3) is 0 Å². The van der Waals surface area contributed by atoms with Gasteiger partial charge in [0.2, 0.25) is 5.28 Å². The maximum atomic E-state index is 11.9. The van der Waals surface area contributed by atoms with E-state index in [4.69, 9.17) is 11.6 Å². The van der Waals surface area contributed by atoms with Crippen LogP contribution in [0.3, 0.4) is 0 Å². The third-order valence-corrected chi connectivity index (χ3v) is 4.73. The van der Waals surface area contributed by atoms with E-state index in [1.165, 1.54) is 6.20 Å². The fourth-order valence-corrected chi connectivity index (χ4v) is 2.87. The Morgan fingerprint density at radius 3 is 2.83 bits per heavy atom. The lowest BCUT2D eigenvalue weighted by atomic mass is 9.77. The van der Waals surface area contributed by atoms with E-state index in [2.05, 4.69) is 15.3 Å². The molecule has 1 aliphatic rings. The summed E-state index contributed by atoms with van der Waals surface area (Å²) in [6.07, 6.45) is 4.31. The largest absolute Gasteiger partial charge is 0.394 e. The first-order valence-corrected chi connectivity index (χ1v) is 7.60. The molecule has 1 aromatic heterocycles. The predicted molar refractivity (Wildman–Crippen MR) is 71.3 cm³/mol. The molecule has 0 unspecified atom stereocenters. The molecule has 7 heteroatoms. The Balaban J connectivity index is 2.30. The van der Waals surface area contributed by atoms with Crippen LogP contribution in [0, 0.1) is 0 Å². The number of aliphatic hydroxyl groups excluding tert-OH is 1. The minimum Gasteiger partial charge on any atom is -0.394 e. The minimum atomic E-state index is -1.15. The SMILES string of the molecule is CC[S@@](=O)c1cnc(Cl)nc1NC1(CO)CCC1. The maximum Gasteiger partial charge on any atom is 0.224 e. The van der Waals surface area contributed by atoms with E-state index >= 15 is 0 Å². The maximum absolute atomic E-state index is 11.9. The van der Waals surface area contributed by atoms with Gasteiger partial charge in [0.1, 0.15) is 5.82 Å². The highest BCUT2D eigenvalue weighted by molar-refractivity contribution is 7.85. The molecular formula is C11H16ClN3O2S. The second-order valence-electron chi connectivity index (χ2n) is 4.40. The van der Waals surface area contributed by atoms with E-state index in [1.807, 2.05) is 6.92 Å². The molecule has 1 saturated carbocycles. The van der Waals surface area contributed by atoms with Crippen molar-refractivity contribution in [3.63, 3.8) is 0 Å². The van der Waals surface area contributed by atoms with Gasteiger partial charge in [-0.25, -0.2) is 4.98 Å². The quantitative estimate of drug-likeness (QED) is 0.805. The summed E-state index contributed by atoms with van der Waals surface area (Å²) in [6.45, 7) is 1.87. The van der Waals surface area contributed by atoms with Crippen molar-refractivity contribution < 1.29 is 9.32 Å². The van der Waals surface area contributed by atoms with Crippen molar-refractivity contribution in [2.45, 2.75) is 36.6 Å². The number of hydrogen-bond donors (Lipinski definition) is 2. The molecule has 0 amide bonds. The van der Waals surface area contributed by atoms with Gasteiger partial charge in [-0.1, -0.05) is 6.92 Å². The Labute approximate surface area is 113 Å². The van der Waals surface area contributed by atoms with E-state index in [-0.39, 0.29) is 17.4 Å². The fourth-order valence-electron chi connectivity index (χ4n) is 1.94. The predicted octanol–water partition coefficient (Wildman–Crippen LogP) is 1.58. The Bertz CT molecular complexity index is 460. The second-order valence-corrected chi connectivity index (χ2v) is 6.45. The van der Waals surface area contributed by atoms with Gasteiger partial charge in [-0.05, 0) is 30.9 Å². The summed E-state index contributed by atoms with van der Waals surface area (Å²) in [4.78, 5) is 8.51. The second kappa shape index (κ2) is 5.50. The molecule has 1 fully saturated rings. The highest BCUT2D eigenvalue weighted by Gasteiger charge is 2.37. The van der Waals surface area contributed by atoms with Crippen LogP contribution in [0.15, 0.2) is 11.1 Å². The van der Waals surface area contributed by atoms with E-state index in [0.29, 0.717) is 16.5 Å². The van der Waals surface area contributed by atoms with Crippen molar-refractivity contribution in [2.75, 3.05) is 17.7 Å². The zero-order chi connectivity index (χ0) is 13.2. The number of rotatable bonds is 5. The zero-order valence-corrected chi connectivity index (χ0v) is 11.7. The van der Waals surface area contributed by atoms with Gasteiger partial charge in [0, 0.05) is 5.75 Å². The van der Waals surface area contributed by atoms with Crippen molar-refractivity contribution in [1.82, 2.24) is 9.97 Å². The average molecular weight is 290 g/mol. The number of aromatic nitrogens is 2. The van der Waals surface area contributed by atoms with E-state index in [1.54, 1.807) is 0 Å². The van der Waals surface area contributed by atoms with E-state index in [0.717, 1.165) is 19.3 Å². The van der Waals surface area contributed by atoms with Crippen LogP contribution in [0.25, 0.3) is 0 Å². The van der Waals surface area contributed by atoms with Crippen molar-refractivity contribution in [3.05, 3.63) is 11.5 Å². The standard InChI is InChI=1S/C11H16ClN3O2S/c1-2-18(17)8-6-13-10(12)14-9(8)15-11(7-16)4-3-5-11/h6,16H,2-5,7H2,1H3,(H,13,14,15)/t18-/m1/s1. The van der Waals surface area contributed by atoms with Gasteiger partial charge < -0.3 is 10.4 Å². The fraction of sp³-hybridized carbons (Fsp3) is 0.636. The molecule has 100 valence electrons. The summed E-state index contributed by atoms with van der Waals surface area (Å²) >= 11 is 5.77. The lowest BCUT2D eigenvalue weighted by molar-refractivity contribution is 0.143. The number of nitrogens with zero attached hydrogens (tertiary/aromatic N) is 2. The Morgan fingerprint density at radius 1 is 1.61 bits per heavy atom. The molecule has 0 saturated heterocycles. The molecule has 0 radical (unpaired) electrons. The van der Waals surface area contributed by atoms with Crippen molar-refractivity contribution in [3.8, 4) is 0 Å². The molecular weight excluding hydrogens is 274 g/mol. The first-order chi connectivity index (χ1) is 8.60. The minimum absolute atomic E-state index is 0.0345.